The van der Waals surface area contributed by atoms with Crippen LogP contribution in [0.1, 0.15) is 53.4 Å². The summed E-state index contributed by atoms with van der Waals surface area (Å²) < 4.78 is 0. The lowest BCUT2D eigenvalue weighted by Crippen LogP contribution is -2.55. The highest BCUT2D eigenvalue weighted by Gasteiger charge is 2.42. The average molecular weight is 264 g/mol. The molecule has 0 spiro atoms. The molecule has 1 amide bonds. The summed E-state index contributed by atoms with van der Waals surface area (Å²) >= 11 is 0. The quantitative estimate of drug-likeness (QED) is 0.778. The van der Waals surface area contributed by atoms with Crippen molar-refractivity contribution in [3.63, 3.8) is 0 Å². The van der Waals surface area contributed by atoms with E-state index in [0.717, 1.165) is 45.3 Å². The van der Waals surface area contributed by atoms with Crippen molar-refractivity contribution >= 4 is 5.91 Å². The van der Waals surface area contributed by atoms with E-state index < -0.39 is 0 Å². The minimum absolute atomic E-state index is 0.239. The lowest BCUT2D eigenvalue weighted by Gasteiger charge is -2.37. The predicted molar refractivity (Wildman–Crippen MR) is 79.0 cm³/mol. The van der Waals surface area contributed by atoms with E-state index in [-0.39, 0.29) is 11.0 Å². The van der Waals surface area contributed by atoms with Gasteiger partial charge in [0.15, 0.2) is 0 Å². The summed E-state index contributed by atoms with van der Waals surface area (Å²) in [4.78, 5) is 14.8. The van der Waals surface area contributed by atoms with Crippen LogP contribution in [0, 0.1) is 5.41 Å². The summed E-state index contributed by atoms with van der Waals surface area (Å²) in [6.45, 7) is 11.5. The summed E-state index contributed by atoms with van der Waals surface area (Å²) in [6, 6.07) is 0. The standard InChI is InChI=1S/C16H28N2O/c1-5-16(9-6-10-17-16)14(19)18-11-7-13(8-12-18)15(2,3)4/h7,17H,5-6,8-12H2,1-4H3. The molecule has 0 aliphatic carbocycles. The molecule has 2 aliphatic heterocycles. The van der Waals surface area contributed by atoms with Gasteiger partial charge in [-0.25, -0.2) is 0 Å². The van der Waals surface area contributed by atoms with Crippen molar-refractivity contribution in [3.8, 4) is 0 Å². The molecule has 19 heavy (non-hydrogen) atoms. The first-order valence-corrected chi connectivity index (χ1v) is 7.63. The van der Waals surface area contributed by atoms with E-state index in [0.29, 0.717) is 5.91 Å². The average Bonchev–Trinajstić information content (AvgIpc) is 2.87. The largest absolute Gasteiger partial charge is 0.337 e. The van der Waals surface area contributed by atoms with E-state index in [2.05, 4.69) is 39.1 Å². The zero-order chi connectivity index (χ0) is 14.1. The molecule has 0 saturated carbocycles. The van der Waals surface area contributed by atoms with Crippen LogP contribution in [0.15, 0.2) is 11.6 Å². The maximum Gasteiger partial charge on any atom is 0.243 e. The van der Waals surface area contributed by atoms with Gasteiger partial charge in [0.25, 0.3) is 0 Å². The highest BCUT2D eigenvalue weighted by atomic mass is 16.2. The van der Waals surface area contributed by atoms with Crippen LogP contribution in [-0.2, 0) is 4.79 Å². The molecule has 2 aliphatic rings. The van der Waals surface area contributed by atoms with Crippen LogP contribution in [-0.4, -0.2) is 36.0 Å². The summed E-state index contributed by atoms with van der Waals surface area (Å²) in [5.41, 5.74) is 1.46. The van der Waals surface area contributed by atoms with Gasteiger partial charge in [0.05, 0.1) is 5.54 Å². The Kier molecular flexibility index (Phi) is 4.05. The Bertz CT molecular complexity index is 373. The van der Waals surface area contributed by atoms with E-state index in [1.165, 1.54) is 5.57 Å². The number of nitrogens with one attached hydrogen (secondary N) is 1. The SMILES string of the molecule is CCC1(C(=O)N2CC=C(C(C)(C)C)CC2)CCCN1. The third kappa shape index (κ3) is 2.86. The van der Waals surface area contributed by atoms with Gasteiger partial charge in [0.1, 0.15) is 0 Å². The first-order valence-electron chi connectivity index (χ1n) is 7.63. The van der Waals surface area contributed by atoms with Gasteiger partial charge < -0.3 is 10.2 Å². The first-order chi connectivity index (χ1) is 8.89. The fourth-order valence-corrected chi connectivity index (χ4v) is 3.28. The number of nitrogens with zero attached hydrogens (tertiary/aromatic N) is 1. The van der Waals surface area contributed by atoms with Crippen molar-refractivity contribution in [2.45, 2.75) is 58.9 Å². The van der Waals surface area contributed by atoms with Crippen molar-refractivity contribution in [1.29, 1.82) is 0 Å². The Morgan fingerprint density at radius 2 is 2.21 bits per heavy atom. The van der Waals surface area contributed by atoms with Gasteiger partial charge in [0, 0.05) is 13.1 Å². The molecule has 3 nitrogen and oxygen atoms in total. The first kappa shape index (κ1) is 14.6. The second-order valence-corrected chi connectivity index (χ2v) is 6.95. The third-order valence-electron chi connectivity index (χ3n) is 4.72. The molecule has 2 rings (SSSR count). The predicted octanol–water partition coefficient (Wildman–Crippen LogP) is 2.72. The Hall–Kier alpha value is -0.830. The van der Waals surface area contributed by atoms with Crippen LogP contribution in [0.25, 0.3) is 0 Å². The van der Waals surface area contributed by atoms with Crippen molar-refractivity contribution in [1.82, 2.24) is 10.2 Å². The number of rotatable bonds is 2. The maximum absolute atomic E-state index is 12.7. The molecule has 0 bridgehead atoms. The zero-order valence-corrected chi connectivity index (χ0v) is 12.9. The van der Waals surface area contributed by atoms with Crippen LogP contribution in [0.4, 0.5) is 0 Å². The van der Waals surface area contributed by atoms with Crippen molar-refractivity contribution < 1.29 is 4.79 Å². The normalized spacial score (nSPS) is 28.4. The summed E-state index contributed by atoms with van der Waals surface area (Å²) in [7, 11) is 0. The fourth-order valence-electron chi connectivity index (χ4n) is 3.28. The minimum Gasteiger partial charge on any atom is -0.337 e. The Morgan fingerprint density at radius 3 is 2.63 bits per heavy atom. The van der Waals surface area contributed by atoms with E-state index >= 15 is 0 Å². The monoisotopic (exact) mass is 264 g/mol. The Labute approximate surface area is 117 Å². The molecule has 0 radical (unpaired) electrons. The van der Waals surface area contributed by atoms with Gasteiger partial charge in [-0.05, 0) is 37.6 Å². The smallest absolute Gasteiger partial charge is 0.243 e. The number of hydrogen-bond donors (Lipinski definition) is 1. The van der Waals surface area contributed by atoms with Crippen LogP contribution < -0.4 is 5.32 Å². The molecule has 2 heterocycles. The molecular weight excluding hydrogens is 236 g/mol. The van der Waals surface area contributed by atoms with Gasteiger partial charge in [0.2, 0.25) is 5.91 Å². The molecule has 108 valence electrons. The zero-order valence-electron chi connectivity index (χ0n) is 12.9. The molecule has 1 N–H and O–H groups in total. The summed E-state index contributed by atoms with van der Waals surface area (Å²) in [5, 5.41) is 3.45. The molecular formula is C16H28N2O. The number of amides is 1. The number of hydrogen-bond acceptors (Lipinski definition) is 2. The van der Waals surface area contributed by atoms with Gasteiger partial charge >= 0.3 is 0 Å². The molecule has 1 fully saturated rings. The summed E-state index contributed by atoms with van der Waals surface area (Å²) in [5.74, 6) is 0.316. The van der Waals surface area contributed by atoms with Gasteiger partial charge in [-0.2, -0.15) is 0 Å². The third-order valence-corrected chi connectivity index (χ3v) is 4.72. The Balaban J connectivity index is 2.05. The molecule has 1 unspecified atom stereocenters. The number of carbonyl (C=O) groups excluding carboxylic acids is 1. The van der Waals surface area contributed by atoms with Gasteiger partial charge in [-0.15, -0.1) is 0 Å². The van der Waals surface area contributed by atoms with Crippen LogP contribution >= 0.6 is 0 Å². The molecule has 0 aromatic rings. The fraction of sp³-hybridized carbons (Fsp3) is 0.812. The highest BCUT2D eigenvalue weighted by molar-refractivity contribution is 5.87. The van der Waals surface area contributed by atoms with Gasteiger partial charge in [-0.1, -0.05) is 39.3 Å². The van der Waals surface area contributed by atoms with E-state index in [9.17, 15) is 4.79 Å². The molecule has 3 heteroatoms. The van der Waals surface area contributed by atoms with E-state index in [1.807, 2.05) is 4.90 Å². The van der Waals surface area contributed by atoms with Crippen molar-refractivity contribution in [3.05, 3.63) is 11.6 Å². The lowest BCUT2D eigenvalue weighted by molar-refractivity contribution is -0.137. The Morgan fingerprint density at radius 1 is 1.47 bits per heavy atom. The van der Waals surface area contributed by atoms with Gasteiger partial charge in [-0.3, -0.25) is 4.79 Å². The number of carbonyl (C=O) groups is 1. The maximum atomic E-state index is 12.7. The molecule has 0 aromatic heterocycles. The van der Waals surface area contributed by atoms with E-state index in [1.54, 1.807) is 0 Å². The molecule has 1 saturated heterocycles. The molecule has 1 atom stereocenters. The van der Waals surface area contributed by atoms with Crippen LogP contribution in [0.2, 0.25) is 0 Å². The molecule has 0 aromatic carbocycles. The lowest BCUT2D eigenvalue weighted by atomic mass is 9.82. The van der Waals surface area contributed by atoms with E-state index in [4.69, 9.17) is 0 Å². The highest BCUT2D eigenvalue weighted by Crippen LogP contribution is 2.32. The van der Waals surface area contributed by atoms with Crippen molar-refractivity contribution in [2.75, 3.05) is 19.6 Å². The van der Waals surface area contributed by atoms with Crippen LogP contribution in [0.5, 0.6) is 0 Å². The second-order valence-electron chi connectivity index (χ2n) is 6.95. The van der Waals surface area contributed by atoms with Crippen LogP contribution in [0.3, 0.4) is 0 Å². The second kappa shape index (κ2) is 5.28. The minimum atomic E-state index is -0.271. The van der Waals surface area contributed by atoms with Crippen molar-refractivity contribution in [2.24, 2.45) is 5.41 Å². The topological polar surface area (TPSA) is 32.3 Å². The summed E-state index contributed by atoms with van der Waals surface area (Å²) in [6.07, 6.45) is 6.30.